The average molecular weight is 376 g/mol. The maximum atomic E-state index is 12.3. The number of halogens is 1. The summed E-state index contributed by atoms with van der Waals surface area (Å²) in [6.45, 7) is 3.52. The average Bonchev–Trinajstić information content (AvgIpc) is 2.84. The summed E-state index contributed by atoms with van der Waals surface area (Å²) in [6.07, 6.45) is 0. The highest BCUT2D eigenvalue weighted by Gasteiger charge is 2.20. The number of thiophene rings is 1. The van der Waals surface area contributed by atoms with E-state index in [-0.39, 0.29) is 11.5 Å². The maximum Gasteiger partial charge on any atom is 0.263 e. The Morgan fingerprint density at radius 1 is 1.30 bits per heavy atom. The zero-order chi connectivity index (χ0) is 14.9. The van der Waals surface area contributed by atoms with Crippen molar-refractivity contribution in [3.63, 3.8) is 0 Å². The van der Waals surface area contributed by atoms with Gasteiger partial charge in [0, 0.05) is 10.2 Å². The summed E-state index contributed by atoms with van der Waals surface area (Å²) in [5, 5.41) is 10.8. The largest absolute Gasteiger partial charge is 0.391 e. The highest BCUT2D eigenvalue weighted by molar-refractivity contribution is 9.10. The summed E-state index contributed by atoms with van der Waals surface area (Å²) in [4.78, 5) is 0.561. The number of anilines is 1. The van der Waals surface area contributed by atoms with E-state index in [0.29, 0.717) is 10.6 Å². The van der Waals surface area contributed by atoms with Crippen LogP contribution in [0.25, 0.3) is 0 Å². The van der Waals surface area contributed by atoms with Crippen molar-refractivity contribution in [2.75, 3.05) is 4.72 Å². The van der Waals surface area contributed by atoms with Crippen molar-refractivity contribution in [2.45, 2.75) is 25.3 Å². The van der Waals surface area contributed by atoms with Crippen molar-refractivity contribution >= 4 is 43.0 Å². The van der Waals surface area contributed by atoms with Crippen molar-refractivity contribution in [1.29, 1.82) is 0 Å². The lowest BCUT2D eigenvalue weighted by Crippen LogP contribution is -2.14. The first-order valence-electron chi connectivity index (χ1n) is 5.82. The second-order valence-corrected chi connectivity index (χ2v) is 7.84. The Labute approximate surface area is 130 Å². The molecule has 0 radical (unpaired) electrons. The number of sulfonamides is 1. The number of aryl methyl sites for hydroxylation is 2. The van der Waals surface area contributed by atoms with E-state index < -0.39 is 10.0 Å². The molecule has 1 aromatic heterocycles. The van der Waals surface area contributed by atoms with Crippen LogP contribution in [0.15, 0.2) is 32.9 Å². The van der Waals surface area contributed by atoms with Crippen LogP contribution >= 0.6 is 27.3 Å². The molecule has 0 saturated heterocycles. The van der Waals surface area contributed by atoms with Crippen LogP contribution in [-0.2, 0) is 16.6 Å². The minimum absolute atomic E-state index is 0.128. The van der Waals surface area contributed by atoms with Gasteiger partial charge in [-0.25, -0.2) is 8.42 Å². The van der Waals surface area contributed by atoms with E-state index >= 15 is 0 Å². The molecule has 1 aromatic carbocycles. The molecule has 0 saturated carbocycles. The van der Waals surface area contributed by atoms with E-state index in [1.807, 2.05) is 13.8 Å². The van der Waals surface area contributed by atoms with E-state index in [1.165, 1.54) is 17.4 Å². The molecule has 0 bridgehead atoms. The summed E-state index contributed by atoms with van der Waals surface area (Å²) < 4.78 is 28.2. The van der Waals surface area contributed by atoms with E-state index in [4.69, 9.17) is 0 Å². The van der Waals surface area contributed by atoms with Gasteiger partial charge in [-0.2, -0.15) is 0 Å². The zero-order valence-electron chi connectivity index (χ0n) is 11.0. The highest BCUT2D eigenvalue weighted by Crippen LogP contribution is 2.28. The number of hydrogen-bond donors (Lipinski definition) is 2. The number of rotatable bonds is 4. The van der Waals surface area contributed by atoms with E-state index in [1.54, 1.807) is 17.5 Å². The quantitative estimate of drug-likeness (QED) is 0.859. The molecule has 0 spiro atoms. The Morgan fingerprint density at radius 2 is 1.90 bits per heavy atom. The van der Waals surface area contributed by atoms with Gasteiger partial charge in [0.15, 0.2) is 0 Å². The van der Waals surface area contributed by atoms with Gasteiger partial charge in [-0.3, -0.25) is 4.72 Å². The molecule has 0 aliphatic rings. The van der Waals surface area contributed by atoms with E-state index in [0.717, 1.165) is 15.6 Å². The van der Waals surface area contributed by atoms with Crippen LogP contribution in [0.1, 0.15) is 16.0 Å². The van der Waals surface area contributed by atoms with Crippen molar-refractivity contribution < 1.29 is 13.5 Å². The smallest absolute Gasteiger partial charge is 0.263 e. The van der Waals surface area contributed by atoms with Crippen LogP contribution in [0.5, 0.6) is 0 Å². The van der Waals surface area contributed by atoms with Gasteiger partial charge in [0.1, 0.15) is 4.90 Å². The molecular formula is C13H14BrNO3S2. The van der Waals surface area contributed by atoms with Gasteiger partial charge in [-0.05, 0) is 48.6 Å². The second kappa shape index (κ2) is 5.85. The Hall–Kier alpha value is -0.890. The van der Waals surface area contributed by atoms with Crippen molar-refractivity contribution in [1.82, 2.24) is 0 Å². The minimum Gasteiger partial charge on any atom is -0.391 e. The third kappa shape index (κ3) is 3.06. The number of benzene rings is 1. The topological polar surface area (TPSA) is 66.4 Å². The molecule has 0 atom stereocenters. The molecule has 7 heteroatoms. The van der Waals surface area contributed by atoms with Crippen molar-refractivity contribution in [2.24, 2.45) is 0 Å². The number of aliphatic hydroxyl groups is 1. The molecule has 20 heavy (non-hydrogen) atoms. The molecule has 2 N–H and O–H groups in total. The predicted molar refractivity (Wildman–Crippen MR) is 84.7 cm³/mol. The van der Waals surface area contributed by atoms with Crippen LogP contribution in [0.4, 0.5) is 5.69 Å². The van der Waals surface area contributed by atoms with Gasteiger partial charge in [0.2, 0.25) is 0 Å². The van der Waals surface area contributed by atoms with E-state index in [9.17, 15) is 13.5 Å². The third-order valence-corrected chi connectivity index (χ3v) is 6.58. The fourth-order valence-corrected chi connectivity index (χ4v) is 4.46. The maximum absolute atomic E-state index is 12.3. The van der Waals surface area contributed by atoms with Gasteiger partial charge in [-0.1, -0.05) is 15.9 Å². The van der Waals surface area contributed by atoms with Crippen LogP contribution < -0.4 is 4.72 Å². The molecule has 0 aliphatic carbocycles. The number of aliphatic hydroxyl groups excluding tert-OH is 1. The summed E-state index contributed by atoms with van der Waals surface area (Å²) in [5.41, 5.74) is 2.42. The molecule has 1 heterocycles. The van der Waals surface area contributed by atoms with Gasteiger partial charge in [-0.15, -0.1) is 11.3 Å². The standard InChI is InChI=1S/C13H14BrNO3S2/c1-8-5-10(6-9(2)13(8)14)15-20(17,18)12-3-4-19-11(12)7-16/h3-6,15-16H,7H2,1-2H3. The summed E-state index contributed by atoms with van der Waals surface area (Å²) in [6, 6.07) is 5.02. The number of nitrogens with one attached hydrogen (secondary N) is 1. The Bertz CT molecular complexity index is 715. The predicted octanol–water partition coefficient (Wildman–Crippen LogP) is 3.42. The number of hydrogen-bond acceptors (Lipinski definition) is 4. The molecular weight excluding hydrogens is 362 g/mol. The van der Waals surface area contributed by atoms with Gasteiger partial charge >= 0.3 is 0 Å². The Kier molecular flexibility index (Phi) is 4.53. The molecule has 2 aromatic rings. The fourth-order valence-electron chi connectivity index (χ4n) is 1.90. The van der Waals surface area contributed by atoms with Gasteiger partial charge < -0.3 is 5.11 Å². The van der Waals surface area contributed by atoms with Gasteiger partial charge in [0.05, 0.1) is 11.5 Å². The van der Waals surface area contributed by atoms with Crippen LogP contribution in [0, 0.1) is 13.8 Å². The minimum atomic E-state index is -3.67. The van der Waals surface area contributed by atoms with E-state index in [2.05, 4.69) is 20.7 Å². The zero-order valence-corrected chi connectivity index (χ0v) is 14.2. The molecule has 108 valence electrons. The van der Waals surface area contributed by atoms with Crippen LogP contribution in [-0.4, -0.2) is 13.5 Å². The van der Waals surface area contributed by atoms with Crippen molar-refractivity contribution in [3.8, 4) is 0 Å². The third-order valence-electron chi connectivity index (χ3n) is 2.83. The van der Waals surface area contributed by atoms with Crippen LogP contribution in [0.2, 0.25) is 0 Å². The second-order valence-electron chi connectivity index (χ2n) is 4.40. The lowest BCUT2D eigenvalue weighted by Gasteiger charge is -2.11. The first-order chi connectivity index (χ1) is 9.35. The molecule has 0 fully saturated rings. The Balaban J connectivity index is 2.39. The lowest BCUT2D eigenvalue weighted by atomic mass is 10.1. The Morgan fingerprint density at radius 3 is 2.45 bits per heavy atom. The monoisotopic (exact) mass is 375 g/mol. The molecule has 0 unspecified atom stereocenters. The molecule has 4 nitrogen and oxygen atoms in total. The fraction of sp³-hybridized carbons (Fsp3) is 0.231. The summed E-state index contributed by atoms with van der Waals surface area (Å²) >= 11 is 4.66. The summed E-state index contributed by atoms with van der Waals surface area (Å²) in [5.74, 6) is 0. The lowest BCUT2D eigenvalue weighted by molar-refractivity contribution is 0.282. The molecule has 0 aliphatic heterocycles. The normalized spacial score (nSPS) is 11.6. The van der Waals surface area contributed by atoms with Gasteiger partial charge in [0.25, 0.3) is 10.0 Å². The first kappa shape index (κ1) is 15.5. The first-order valence-corrected chi connectivity index (χ1v) is 8.97. The van der Waals surface area contributed by atoms with Crippen molar-refractivity contribution in [3.05, 3.63) is 44.1 Å². The SMILES string of the molecule is Cc1cc(NS(=O)(=O)c2ccsc2CO)cc(C)c1Br. The summed E-state index contributed by atoms with van der Waals surface area (Å²) in [7, 11) is -3.67. The van der Waals surface area contributed by atoms with Crippen LogP contribution in [0.3, 0.4) is 0 Å². The molecule has 0 amide bonds. The molecule has 2 rings (SSSR count). The highest BCUT2D eigenvalue weighted by atomic mass is 79.9.